The second kappa shape index (κ2) is 8.36. The summed E-state index contributed by atoms with van der Waals surface area (Å²) in [6, 6.07) is 17.7. The first kappa shape index (κ1) is 19.8. The van der Waals surface area contributed by atoms with E-state index >= 15 is 0 Å². The van der Waals surface area contributed by atoms with E-state index in [1.54, 1.807) is 6.07 Å². The van der Waals surface area contributed by atoms with Gasteiger partial charge in [0.15, 0.2) is 5.82 Å². The van der Waals surface area contributed by atoms with Gasteiger partial charge in [-0.25, -0.2) is 4.68 Å². The summed E-state index contributed by atoms with van der Waals surface area (Å²) in [6.45, 7) is 6.75. The predicted octanol–water partition coefficient (Wildman–Crippen LogP) is 4.03. The van der Waals surface area contributed by atoms with Crippen molar-refractivity contribution >= 4 is 11.8 Å². The van der Waals surface area contributed by atoms with Crippen molar-refractivity contribution in [3.8, 4) is 11.8 Å². The summed E-state index contributed by atoms with van der Waals surface area (Å²) in [4.78, 5) is 0. The van der Waals surface area contributed by atoms with Gasteiger partial charge in [-0.1, -0.05) is 62.9 Å². The fourth-order valence-corrected chi connectivity index (χ4v) is 3.48. The van der Waals surface area contributed by atoms with Crippen LogP contribution in [0.2, 0.25) is 0 Å². The number of hydrogen-bond acceptors (Lipinski definition) is 6. The first-order valence-electron chi connectivity index (χ1n) is 8.92. The molecular formula is C21H23N5OS. The summed E-state index contributed by atoms with van der Waals surface area (Å²) >= 11 is 1.43. The van der Waals surface area contributed by atoms with Crippen LogP contribution in [0, 0.1) is 11.3 Å². The van der Waals surface area contributed by atoms with Crippen molar-refractivity contribution < 1.29 is 4.74 Å². The predicted molar refractivity (Wildman–Crippen MR) is 110 cm³/mol. The van der Waals surface area contributed by atoms with Crippen molar-refractivity contribution in [1.82, 2.24) is 14.9 Å². The van der Waals surface area contributed by atoms with Gasteiger partial charge in [0.1, 0.15) is 12.4 Å². The van der Waals surface area contributed by atoms with Crippen molar-refractivity contribution in [2.24, 2.45) is 0 Å². The number of nitrogens with zero attached hydrogens (tertiary/aromatic N) is 4. The molecule has 0 bridgehead atoms. The Morgan fingerprint density at radius 2 is 1.82 bits per heavy atom. The smallest absolute Gasteiger partial charge is 0.210 e. The van der Waals surface area contributed by atoms with Crippen LogP contribution < -0.4 is 10.6 Å². The maximum Gasteiger partial charge on any atom is 0.210 e. The van der Waals surface area contributed by atoms with Crippen LogP contribution in [-0.2, 0) is 17.8 Å². The molecule has 1 heterocycles. The average Bonchev–Trinajstić information content (AvgIpc) is 3.04. The van der Waals surface area contributed by atoms with Gasteiger partial charge in [-0.05, 0) is 34.7 Å². The van der Waals surface area contributed by atoms with Gasteiger partial charge in [0.05, 0.1) is 11.6 Å². The summed E-state index contributed by atoms with van der Waals surface area (Å²) in [7, 11) is 0. The zero-order chi connectivity index (χ0) is 20.1. The summed E-state index contributed by atoms with van der Waals surface area (Å²) in [5, 5.41) is 18.0. The van der Waals surface area contributed by atoms with Crippen LogP contribution in [0.3, 0.4) is 0 Å². The summed E-state index contributed by atoms with van der Waals surface area (Å²) in [5.74, 6) is 8.00. The molecule has 0 saturated carbocycles. The Bertz CT molecular complexity index is 983. The number of benzene rings is 2. The van der Waals surface area contributed by atoms with E-state index in [4.69, 9.17) is 10.6 Å². The van der Waals surface area contributed by atoms with Gasteiger partial charge in [0.2, 0.25) is 5.16 Å². The van der Waals surface area contributed by atoms with Crippen LogP contribution in [0.4, 0.5) is 0 Å². The highest BCUT2D eigenvalue weighted by Gasteiger charge is 2.14. The molecule has 0 spiro atoms. The van der Waals surface area contributed by atoms with Crippen molar-refractivity contribution in [2.45, 2.75) is 43.7 Å². The largest absolute Gasteiger partial charge is 0.486 e. The quantitative estimate of drug-likeness (QED) is 0.502. The van der Waals surface area contributed by atoms with Gasteiger partial charge in [-0.2, -0.15) is 5.26 Å². The molecular weight excluding hydrogens is 370 g/mol. The topological polar surface area (TPSA) is 89.8 Å². The Labute approximate surface area is 169 Å². The van der Waals surface area contributed by atoms with Crippen molar-refractivity contribution in [2.75, 3.05) is 5.84 Å². The zero-order valence-electron chi connectivity index (χ0n) is 16.2. The molecule has 6 nitrogen and oxygen atoms in total. The molecule has 28 heavy (non-hydrogen) atoms. The minimum Gasteiger partial charge on any atom is -0.486 e. The SMILES string of the molecule is CC(C)(C)c1ccc(OCc2nnc(SCc3ccccc3C#N)n2N)cc1. The number of thioether (sulfide) groups is 1. The molecule has 0 saturated heterocycles. The van der Waals surface area contributed by atoms with E-state index in [0.29, 0.717) is 22.3 Å². The van der Waals surface area contributed by atoms with E-state index in [9.17, 15) is 5.26 Å². The number of nitriles is 1. The molecule has 144 valence electrons. The van der Waals surface area contributed by atoms with Crippen LogP contribution in [-0.4, -0.2) is 14.9 Å². The summed E-state index contributed by atoms with van der Waals surface area (Å²) in [5.41, 5.74) is 2.94. The number of aromatic nitrogens is 3. The van der Waals surface area contributed by atoms with Crippen molar-refractivity contribution in [3.63, 3.8) is 0 Å². The fourth-order valence-electron chi connectivity index (χ4n) is 2.60. The number of nitrogens with two attached hydrogens (primary N) is 1. The van der Waals surface area contributed by atoms with Crippen LogP contribution in [0.1, 0.15) is 43.3 Å². The second-order valence-corrected chi connectivity index (χ2v) is 8.33. The molecule has 1 aromatic heterocycles. The third kappa shape index (κ3) is 4.65. The average molecular weight is 394 g/mol. The normalized spacial score (nSPS) is 11.2. The summed E-state index contributed by atoms with van der Waals surface area (Å²) < 4.78 is 7.23. The van der Waals surface area contributed by atoms with Crippen molar-refractivity contribution in [1.29, 1.82) is 5.26 Å². The third-order valence-electron chi connectivity index (χ3n) is 4.32. The van der Waals surface area contributed by atoms with Gasteiger partial charge < -0.3 is 10.6 Å². The molecule has 0 fully saturated rings. The molecule has 0 radical (unpaired) electrons. The molecule has 0 atom stereocenters. The Morgan fingerprint density at radius 1 is 1.11 bits per heavy atom. The second-order valence-electron chi connectivity index (χ2n) is 7.39. The molecule has 3 rings (SSSR count). The summed E-state index contributed by atoms with van der Waals surface area (Å²) in [6.07, 6.45) is 0. The van der Waals surface area contributed by atoms with E-state index in [1.165, 1.54) is 22.0 Å². The molecule has 2 N–H and O–H groups in total. The van der Waals surface area contributed by atoms with Gasteiger partial charge in [0.25, 0.3) is 0 Å². The fraction of sp³-hybridized carbons (Fsp3) is 0.286. The number of nitrogen functional groups attached to an aromatic ring is 1. The highest BCUT2D eigenvalue weighted by Crippen LogP contribution is 2.25. The van der Waals surface area contributed by atoms with Gasteiger partial charge >= 0.3 is 0 Å². The standard InChI is InChI=1S/C21H23N5OS/c1-21(2,3)17-8-10-18(11-9-17)27-13-19-24-25-20(26(19)23)28-14-16-7-5-4-6-15(16)12-22/h4-11H,13-14,23H2,1-3H3. The highest BCUT2D eigenvalue weighted by atomic mass is 32.2. The number of rotatable bonds is 6. The Hall–Kier alpha value is -2.98. The first-order chi connectivity index (χ1) is 13.4. The Kier molecular flexibility index (Phi) is 5.90. The lowest BCUT2D eigenvalue weighted by Gasteiger charge is -2.19. The van der Waals surface area contributed by atoms with Gasteiger partial charge in [0, 0.05) is 5.75 Å². The van der Waals surface area contributed by atoms with Crippen LogP contribution in [0.5, 0.6) is 5.75 Å². The molecule has 0 aliphatic carbocycles. The minimum atomic E-state index is 0.103. The van der Waals surface area contributed by atoms with E-state index in [1.807, 2.05) is 30.3 Å². The lowest BCUT2D eigenvalue weighted by atomic mass is 9.87. The number of hydrogen-bond donors (Lipinski definition) is 1. The van der Waals surface area contributed by atoms with E-state index in [2.05, 4.69) is 49.2 Å². The maximum absolute atomic E-state index is 9.18. The van der Waals surface area contributed by atoms with Crippen LogP contribution in [0.15, 0.2) is 53.7 Å². The lowest BCUT2D eigenvalue weighted by Crippen LogP contribution is -2.16. The molecule has 3 aromatic rings. The molecule has 2 aromatic carbocycles. The zero-order valence-corrected chi connectivity index (χ0v) is 17.0. The molecule has 0 aliphatic rings. The van der Waals surface area contributed by atoms with E-state index < -0.39 is 0 Å². The minimum absolute atomic E-state index is 0.103. The first-order valence-corrected chi connectivity index (χ1v) is 9.90. The molecule has 7 heteroatoms. The van der Waals surface area contributed by atoms with Crippen LogP contribution in [0.25, 0.3) is 0 Å². The number of ether oxygens (including phenoxy) is 1. The lowest BCUT2D eigenvalue weighted by molar-refractivity contribution is 0.291. The van der Waals surface area contributed by atoms with Gasteiger partial charge in [-0.15, -0.1) is 10.2 Å². The maximum atomic E-state index is 9.18. The Morgan fingerprint density at radius 3 is 2.50 bits per heavy atom. The third-order valence-corrected chi connectivity index (χ3v) is 5.31. The van der Waals surface area contributed by atoms with E-state index in [0.717, 1.165) is 11.3 Å². The highest BCUT2D eigenvalue weighted by molar-refractivity contribution is 7.98. The van der Waals surface area contributed by atoms with Crippen LogP contribution >= 0.6 is 11.8 Å². The molecule has 0 amide bonds. The van der Waals surface area contributed by atoms with E-state index in [-0.39, 0.29) is 12.0 Å². The Balaban J connectivity index is 1.61. The van der Waals surface area contributed by atoms with Gasteiger partial charge in [-0.3, -0.25) is 0 Å². The van der Waals surface area contributed by atoms with Crippen molar-refractivity contribution in [3.05, 3.63) is 71.0 Å². The molecule has 0 aliphatic heterocycles. The molecule has 0 unspecified atom stereocenters. The monoisotopic (exact) mass is 393 g/mol.